The predicted molar refractivity (Wildman–Crippen MR) is 290 cm³/mol. The van der Waals surface area contributed by atoms with Gasteiger partial charge in [0.1, 0.15) is 12.5 Å². The topological polar surface area (TPSA) is 218 Å². The fourth-order valence-electron chi connectivity index (χ4n) is 14.0. The van der Waals surface area contributed by atoms with Gasteiger partial charge in [-0.05, 0) is 130 Å². The van der Waals surface area contributed by atoms with Crippen molar-refractivity contribution in [2.75, 3.05) is 38.7 Å². The van der Waals surface area contributed by atoms with Gasteiger partial charge in [-0.2, -0.15) is 0 Å². The van der Waals surface area contributed by atoms with Gasteiger partial charge in [-0.15, -0.1) is 0 Å². The van der Waals surface area contributed by atoms with Crippen LogP contribution in [0.4, 0.5) is 0 Å². The number of phenolic OH excluding ortho intramolecular Hbond substituents is 1. The predicted octanol–water partition coefficient (Wildman–Crippen LogP) is 7.08. The molecule has 0 aromatic heterocycles. The average Bonchev–Trinajstić information content (AvgIpc) is 3.99. The molecule has 3 spiro atoms. The van der Waals surface area contributed by atoms with Gasteiger partial charge in [0, 0.05) is 72.8 Å². The monoisotopic (exact) mass is 1060 g/mol. The van der Waals surface area contributed by atoms with Crippen LogP contribution in [-0.2, 0) is 35.2 Å². The number of nitrogens with two attached hydrogens (primary N) is 1. The number of ketones is 1. The van der Waals surface area contributed by atoms with Crippen molar-refractivity contribution in [3.8, 4) is 46.7 Å². The smallest absolute Gasteiger partial charge is 0.201 e. The first-order valence-corrected chi connectivity index (χ1v) is 29.9. The molecule has 0 unspecified atom stereocenters. The molecule has 9 N–H and O–H groups in total. The Morgan fingerprint density at radius 3 is 2.53 bits per heavy atom. The summed E-state index contributed by atoms with van der Waals surface area (Å²) in [7, 11) is 5.21. The Kier molecular flexibility index (Phi) is 18.0. The molecule has 10 rings (SSSR count). The van der Waals surface area contributed by atoms with E-state index in [0.29, 0.717) is 78.3 Å². The van der Waals surface area contributed by atoms with Gasteiger partial charge in [0.05, 0.1) is 36.5 Å². The minimum Gasteiger partial charge on any atom is -0.504 e. The lowest BCUT2D eigenvalue weighted by atomic mass is 9.57. The number of hydrogen-bond acceptors (Lipinski definition) is 16. The van der Waals surface area contributed by atoms with Crippen LogP contribution in [-0.4, -0.2) is 112 Å². The van der Waals surface area contributed by atoms with Gasteiger partial charge >= 0.3 is 0 Å². The highest BCUT2D eigenvalue weighted by atomic mass is 33.1. The molecule has 0 amide bonds. The van der Waals surface area contributed by atoms with Crippen LogP contribution in [0.2, 0.25) is 0 Å². The van der Waals surface area contributed by atoms with E-state index in [2.05, 4.69) is 54.2 Å². The Morgan fingerprint density at radius 1 is 0.932 bits per heavy atom. The van der Waals surface area contributed by atoms with Crippen molar-refractivity contribution in [3.63, 3.8) is 0 Å². The van der Waals surface area contributed by atoms with Crippen LogP contribution in [0.25, 0.3) is 0 Å². The molecule has 404 valence electrons. The summed E-state index contributed by atoms with van der Waals surface area (Å²) in [5, 5.41) is 62.6. The van der Waals surface area contributed by atoms with Gasteiger partial charge in [-0.1, -0.05) is 84.1 Å². The fourth-order valence-corrected chi connectivity index (χ4v) is 16.8. The standard InChI is InChI=1S/C58H80N4O10S2/c1-36(2)49-31-74-73-30-47-46-28-45-38-12-16-42(66)27-41(65)15-11-37-13-18-50(67)52(71-35-64)44(37)9-6-8-39(26-38)51(53(45)72-54(46)68)70-34-60-58(22-7-10-48(47)61-55(59)62-49)33-57(25-24-56(32-57)20-4-5-21-56)23-19-40(58)14-17-43(29-63)69-3/h13,18,26,36,40,42-43,46-49,54,60,63-64,66-68H,4-5,8,11-12,14-17,19-25,27-35H2,1-3H3,(H3,59,61,62)/t40-,42-,43+,46-,47+,48-,49+,54-,57-,58+/m1/s1. The van der Waals surface area contributed by atoms with E-state index in [9.17, 15) is 30.3 Å². The fraction of sp³-hybridized carbons (Fsp3) is 0.690. The molecule has 4 aliphatic carbocycles. The second-order valence-corrected chi connectivity index (χ2v) is 25.6. The van der Waals surface area contributed by atoms with E-state index in [-0.39, 0.29) is 85.2 Å². The maximum Gasteiger partial charge on any atom is 0.201 e. The number of nitrogens with one attached hydrogen (secondary N) is 2. The number of benzene rings is 2. The maximum atomic E-state index is 13.4. The molecule has 4 aliphatic heterocycles. The number of guanidine groups is 1. The number of ether oxygens (including phenoxy) is 4. The van der Waals surface area contributed by atoms with Gasteiger partial charge in [-0.25, -0.2) is 4.99 Å². The lowest BCUT2D eigenvalue weighted by molar-refractivity contribution is -0.121. The Labute approximate surface area is 446 Å². The number of carbonyl (C=O) groups is 1. The lowest BCUT2D eigenvalue weighted by Gasteiger charge is -2.52. The second kappa shape index (κ2) is 24.2. The largest absolute Gasteiger partial charge is 0.504 e. The van der Waals surface area contributed by atoms with Crippen LogP contribution < -0.4 is 30.6 Å². The van der Waals surface area contributed by atoms with Crippen molar-refractivity contribution in [2.24, 2.45) is 45.2 Å². The van der Waals surface area contributed by atoms with Crippen LogP contribution in [0.1, 0.15) is 144 Å². The molecule has 14 nitrogen and oxygen atoms in total. The van der Waals surface area contributed by atoms with E-state index in [1.807, 2.05) is 0 Å². The zero-order valence-electron chi connectivity index (χ0n) is 43.7. The first kappa shape index (κ1) is 54.9. The van der Waals surface area contributed by atoms with Gasteiger partial charge in [-0.3, -0.25) is 10.1 Å². The third kappa shape index (κ3) is 12.3. The average molecular weight is 1060 g/mol. The van der Waals surface area contributed by atoms with Crippen LogP contribution in [0.5, 0.6) is 23.0 Å². The molecule has 8 aliphatic rings. The Balaban J connectivity index is 1.19. The number of phenols is 1. The summed E-state index contributed by atoms with van der Waals surface area (Å²) in [5.41, 5.74) is 10.5. The summed E-state index contributed by atoms with van der Waals surface area (Å²) in [5.74, 6) is 16.3. The Bertz CT molecular complexity index is 2480. The molecule has 0 saturated heterocycles. The van der Waals surface area contributed by atoms with Crippen molar-refractivity contribution in [3.05, 3.63) is 46.0 Å². The van der Waals surface area contributed by atoms with Crippen molar-refractivity contribution in [1.82, 2.24) is 10.6 Å². The minimum atomic E-state index is -1.24. The molecule has 0 radical (unpaired) electrons. The number of aromatic hydroxyl groups is 1. The zero-order valence-corrected chi connectivity index (χ0v) is 45.4. The summed E-state index contributed by atoms with van der Waals surface area (Å²) in [6.07, 6.45) is 13.5. The van der Waals surface area contributed by atoms with E-state index >= 15 is 0 Å². The molecule has 3 fully saturated rings. The molecule has 3 saturated carbocycles. The summed E-state index contributed by atoms with van der Waals surface area (Å²) < 4.78 is 25.2. The van der Waals surface area contributed by atoms with Crippen LogP contribution >= 0.6 is 21.6 Å². The summed E-state index contributed by atoms with van der Waals surface area (Å²) in [4.78, 5) is 18.4. The number of aliphatic hydroxyl groups excluding tert-OH is 4. The molecule has 16 heteroatoms. The zero-order chi connectivity index (χ0) is 52.0. The highest BCUT2D eigenvalue weighted by Crippen LogP contribution is 2.64. The van der Waals surface area contributed by atoms with E-state index in [1.165, 1.54) is 51.0 Å². The number of carbonyl (C=O) groups excluding carboxylic acids is 1. The maximum absolute atomic E-state index is 13.4. The summed E-state index contributed by atoms with van der Waals surface area (Å²) in [6.45, 7) is 3.71. The van der Waals surface area contributed by atoms with Gasteiger partial charge in [0.15, 0.2) is 35.8 Å². The van der Waals surface area contributed by atoms with Gasteiger partial charge < -0.3 is 55.5 Å². The van der Waals surface area contributed by atoms with E-state index in [0.717, 1.165) is 48.1 Å². The van der Waals surface area contributed by atoms with E-state index < -0.39 is 36.7 Å². The minimum absolute atomic E-state index is 0.0105. The molecular weight excluding hydrogens is 977 g/mol. The molecular formula is C58H80N4O10S2. The number of rotatable bonds is 8. The molecule has 74 heavy (non-hydrogen) atoms. The summed E-state index contributed by atoms with van der Waals surface area (Å²) >= 11 is 0. The molecule has 2 aromatic rings. The number of nitrogens with zero attached hydrogens (tertiary/aromatic N) is 1. The number of hydrogen-bond donors (Lipinski definition) is 8. The second-order valence-electron chi connectivity index (χ2n) is 23.1. The van der Waals surface area contributed by atoms with E-state index in [4.69, 9.17) is 29.7 Å². The Hall–Kier alpha value is -3.84. The third-order valence-corrected chi connectivity index (χ3v) is 20.6. The summed E-state index contributed by atoms with van der Waals surface area (Å²) in [6, 6.07) is 4.80. The normalized spacial score (nSPS) is 31.6. The van der Waals surface area contributed by atoms with E-state index in [1.54, 1.807) is 34.8 Å². The first-order chi connectivity index (χ1) is 35.8. The highest BCUT2D eigenvalue weighted by molar-refractivity contribution is 8.76. The number of methoxy groups -OCH3 is 1. The molecule has 10 atom stereocenters. The number of aliphatic imine (C=N–C) groups is 1. The highest BCUT2D eigenvalue weighted by Gasteiger charge is 2.56. The van der Waals surface area contributed by atoms with Crippen molar-refractivity contribution in [2.45, 2.75) is 178 Å². The molecule has 6 bridgehead atoms. The molecule has 2 aromatic carbocycles. The SMILES string of the molecule is CO[C@H](CO)CC[C@@H]1CC[C@]2(CCC3(CCCC3)C2)C[C@@]12CC#C[C@H]1NC(N)=N[C@H](C(C)C)CSSC[C@H]1[C@H]1Cc3c4cc(c(c3O[C@H]1O)OCN2)CC#Cc1c(ccc(O)c1OCO)CCC(=O)C[C@H](O)CC4. The van der Waals surface area contributed by atoms with Crippen LogP contribution in [0.3, 0.4) is 0 Å². The third-order valence-electron chi connectivity index (χ3n) is 18.1. The van der Waals surface area contributed by atoms with Crippen molar-refractivity contribution >= 4 is 33.3 Å². The van der Waals surface area contributed by atoms with Crippen molar-refractivity contribution < 1.29 is 49.3 Å². The number of aliphatic hydroxyl groups is 4. The van der Waals surface area contributed by atoms with Crippen LogP contribution in [0.15, 0.2) is 23.2 Å². The van der Waals surface area contributed by atoms with Crippen molar-refractivity contribution in [1.29, 1.82) is 0 Å². The first-order valence-electron chi connectivity index (χ1n) is 27.4. The lowest BCUT2D eigenvalue weighted by Crippen LogP contribution is -2.58. The van der Waals surface area contributed by atoms with Gasteiger partial charge in [0.25, 0.3) is 0 Å². The van der Waals surface area contributed by atoms with Crippen LogP contribution in [0, 0.1) is 58.2 Å². The number of aryl methyl sites for hydroxylation is 2. The quantitative estimate of drug-likeness (QED) is 0.0753. The number of Topliss-reactive ketones (excluding diaryl/α,β-unsaturated/α-hetero) is 1. The number of fused-ring (bicyclic) bond motifs is 7. The van der Waals surface area contributed by atoms with Gasteiger partial charge in [0.2, 0.25) is 6.29 Å². The molecule has 4 heterocycles. The Morgan fingerprint density at radius 2 is 1.74 bits per heavy atom.